The van der Waals surface area contributed by atoms with Crippen LogP contribution in [0.25, 0.3) is 0 Å². The van der Waals surface area contributed by atoms with Crippen molar-refractivity contribution in [1.29, 1.82) is 0 Å². The van der Waals surface area contributed by atoms with Crippen LogP contribution in [0.5, 0.6) is 0 Å². The molecule has 0 saturated heterocycles. The Morgan fingerprint density at radius 2 is 1.71 bits per heavy atom. The van der Waals surface area contributed by atoms with Crippen molar-refractivity contribution in [1.82, 2.24) is 0 Å². The van der Waals surface area contributed by atoms with Crippen molar-refractivity contribution >= 4 is 17.2 Å². The number of hydrogen-bond acceptors (Lipinski definition) is 4. The topological polar surface area (TPSA) is 72.2 Å². The number of nitrogens with one attached hydrogen (secondary N) is 1. The highest BCUT2D eigenvalue weighted by Gasteiger charge is 2.26. The van der Waals surface area contributed by atoms with E-state index in [9.17, 15) is 14.9 Å². The van der Waals surface area contributed by atoms with Crippen molar-refractivity contribution in [3.63, 3.8) is 0 Å². The third kappa shape index (κ3) is 3.45. The maximum Gasteiger partial charge on any atom is 0.303 e. The average Bonchev–Trinajstić information content (AvgIpc) is 2.62. The summed E-state index contributed by atoms with van der Waals surface area (Å²) in [5, 5.41) is 14.9. The largest absolute Gasteiger partial charge is 0.377 e. The lowest BCUT2D eigenvalue weighted by Crippen LogP contribution is -2.23. The number of para-hydroxylation sites is 1. The predicted octanol–water partition coefficient (Wildman–Crippen LogP) is 4.57. The number of nitro groups is 1. The van der Waals surface area contributed by atoms with E-state index in [2.05, 4.69) is 5.32 Å². The van der Waals surface area contributed by atoms with Gasteiger partial charge in [-0.2, -0.15) is 0 Å². The molecule has 0 amide bonds. The molecule has 5 heteroatoms. The van der Waals surface area contributed by atoms with Gasteiger partial charge in [0, 0.05) is 11.6 Å². The van der Waals surface area contributed by atoms with Gasteiger partial charge in [-0.25, -0.2) is 0 Å². The van der Waals surface area contributed by atoms with E-state index >= 15 is 0 Å². The van der Waals surface area contributed by atoms with Crippen LogP contribution in [-0.2, 0) is 0 Å². The molecule has 0 atom stereocenters. The number of hydrogen-bond donors (Lipinski definition) is 1. The van der Waals surface area contributed by atoms with Crippen molar-refractivity contribution in [2.45, 2.75) is 38.1 Å². The lowest BCUT2D eigenvalue weighted by Gasteiger charge is -2.24. The summed E-state index contributed by atoms with van der Waals surface area (Å²) in [7, 11) is 0. The molecule has 1 saturated carbocycles. The van der Waals surface area contributed by atoms with E-state index < -0.39 is 4.92 Å². The van der Waals surface area contributed by atoms with Crippen LogP contribution in [0, 0.1) is 10.1 Å². The van der Waals surface area contributed by atoms with Gasteiger partial charge in [0.15, 0.2) is 5.78 Å². The van der Waals surface area contributed by atoms with Crippen LogP contribution >= 0.6 is 0 Å². The summed E-state index contributed by atoms with van der Waals surface area (Å²) in [6, 6.07) is 13.8. The Hall–Kier alpha value is -2.69. The fourth-order valence-electron chi connectivity index (χ4n) is 3.25. The number of carbonyl (C=O) groups excluding carboxylic acids is 1. The number of ketones is 1. The normalized spacial score (nSPS) is 15.0. The molecule has 124 valence electrons. The van der Waals surface area contributed by atoms with E-state index in [0.717, 1.165) is 25.7 Å². The molecule has 0 unspecified atom stereocenters. The van der Waals surface area contributed by atoms with Crippen molar-refractivity contribution in [3.8, 4) is 0 Å². The molecule has 3 rings (SSSR count). The molecule has 0 spiro atoms. The summed E-state index contributed by atoms with van der Waals surface area (Å²) in [5.41, 5.74) is 0.896. The summed E-state index contributed by atoms with van der Waals surface area (Å²) in [4.78, 5) is 23.9. The monoisotopic (exact) mass is 324 g/mol. The number of anilines is 1. The molecule has 0 heterocycles. The van der Waals surface area contributed by atoms with Gasteiger partial charge in [-0.05, 0) is 25.0 Å². The molecular weight excluding hydrogens is 304 g/mol. The predicted molar refractivity (Wildman–Crippen MR) is 93.5 cm³/mol. The first-order valence-electron chi connectivity index (χ1n) is 8.30. The van der Waals surface area contributed by atoms with Crippen LogP contribution < -0.4 is 5.32 Å². The third-order valence-electron chi connectivity index (χ3n) is 4.46. The Morgan fingerprint density at radius 3 is 2.38 bits per heavy atom. The van der Waals surface area contributed by atoms with Gasteiger partial charge >= 0.3 is 5.69 Å². The van der Waals surface area contributed by atoms with Crippen molar-refractivity contribution in [3.05, 3.63) is 69.8 Å². The van der Waals surface area contributed by atoms with E-state index in [4.69, 9.17) is 0 Å². The van der Waals surface area contributed by atoms with Gasteiger partial charge in [-0.15, -0.1) is 0 Å². The number of benzene rings is 2. The smallest absolute Gasteiger partial charge is 0.303 e. The second-order valence-corrected chi connectivity index (χ2v) is 6.13. The first kappa shape index (κ1) is 16.2. The van der Waals surface area contributed by atoms with Crippen molar-refractivity contribution < 1.29 is 9.72 Å². The van der Waals surface area contributed by atoms with E-state index in [0.29, 0.717) is 11.3 Å². The Morgan fingerprint density at radius 1 is 1.00 bits per heavy atom. The van der Waals surface area contributed by atoms with Gasteiger partial charge in [-0.1, -0.05) is 55.7 Å². The molecule has 5 nitrogen and oxygen atoms in total. The SMILES string of the molecule is O=C(c1ccccc1)c1cccc(NC2CCCCC2)c1[N+](=O)[O-]. The first-order chi connectivity index (χ1) is 11.7. The van der Waals surface area contributed by atoms with Crippen LogP contribution in [-0.4, -0.2) is 16.7 Å². The van der Waals surface area contributed by atoms with Crippen molar-refractivity contribution in [2.24, 2.45) is 0 Å². The Kier molecular flexibility index (Phi) is 4.89. The van der Waals surface area contributed by atoms with Crippen LogP contribution in [0.2, 0.25) is 0 Å². The molecule has 2 aromatic carbocycles. The highest BCUT2D eigenvalue weighted by molar-refractivity contribution is 6.12. The highest BCUT2D eigenvalue weighted by atomic mass is 16.6. The average molecular weight is 324 g/mol. The number of rotatable bonds is 5. The second-order valence-electron chi connectivity index (χ2n) is 6.13. The van der Waals surface area contributed by atoms with Crippen molar-refractivity contribution in [2.75, 3.05) is 5.32 Å². The molecule has 1 aliphatic carbocycles. The zero-order chi connectivity index (χ0) is 16.9. The molecule has 24 heavy (non-hydrogen) atoms. The maximum atomic E-state index is 12.7. The Labute approximate surface area is 140 Å². The Bertz CT molecular complexity index is 738. The number of carbonyl (C=O) groups is 1. The van der Waals surface area contributed by atoms with Gasteiger partial charge in [0.2, 0.25) is 0 Å². The van der Waals surface area contributed by atoms with Crippen LogP contribution in [0.1, 0.15) is 48.0 Å². The molecule has 2 aromatic rings. The van der Waals surface area contributed by atoms with Crippen LogP contribution in [0.15, 0.2) is 48.5 Å². The van der Waals surface area contributed by atoms with Gasteiger partial charge in [0.1, 0.15) is 11.3 Å². The fourth-order valence-corrected chi connectivity index (χ4v) is 3.25. The van der Waals surface area contributed by atoms with E-state index in [1.54, 1.807) is 36.4 Å². The second kappa shape index (κ2) is 7.25. The summed E-state index contributed by atoms with van der Waals surface area (Å²) in [5.74, 6) is -0.324. The van der Waals surface area contributed by atoms with E-state index in [1.165, 1.54) is 12.5 Å². The van der Waals surface area contributed by atoms with Gasteiger partial charge < -0.3 is 5.32 Å². The zero-order valence-corrected chi connectivity index (χ0v) is 13.4. The molecule has 0 bridgehead atoms. The summed E-state index contributed by atoms with van der Waals surface area (Å²) < 4.78 is 0. The van der Waals surface area contributed by atoms with E-state index in [1.807, 2.05) is 6.07 Å². The van der Waals surface area contributed by atoms with Gasteiger partial charge in [-0.3, -0.25) is 14.9 Å². The van der Waals surface area contributed by atoms with Crippen LogP contribution in [0.3, 0.4) is 0 Å². The number of nitrogens with zero attached hydrogens (tertiary/aromatic N) is 1. The third-order valence-corrected chi connectivity index (χ3v) is 4.46. The molecule has 0 aliphatic heterocycles. The molecule has 0 aromatic heterocycles. The molecular formula is C19H20N2O3. The molecule has 1 aliphatic rings. The lowest BCUT2D eigenvalue weighted by atomic mass is 9.94. The minimum Gasteiger partial charge on any atom is -0.377 e. The first-order valence-corrected chi connectivity index (χ1v) is 8.30. The molecule has 0 radical (unpaired) electrons. The minimum atomic E-state index is -0.457. The van der Waals surface area contributed by atoms with Crippen LogP contribution in [0.4, 0.5) is 11.4 Å². The number of nitro benzene ring substituents is 1. The minimum absolute atomic E-state index is 0.128. The molecule has 1 N–H and O–H groups in total. The van der Waals surface area contributed by atoms with Gasteiger partial charge in [0.25, 0.3) is 0 Å². The summed E-state index contributed by atoms with van der Waals surface area (Å²) in [6.45, 7) is 0. The maximum absolute atomic E-state index is 12.7. The Balaban J connectivity index is 1.96. The zero-order valence-electron chi connectivity index (χ0n) is 13.4. The molecule has 1 fully saturated rings. The summed E-state index contributed by atoms with van der Waals surface area (Å²) in [6.07, 6.45) is 5.50. The lowest BCUT2D eigenvalue weighted by molar-refractivity contribution is -0.384. The van der Waals surface area contributed by atoms with E-state index in [-0.39, 0.29) is 23.1 Å². The highest BCUT2D eigenvalue weighted by Crippen LogP contribution is 2.32. The summed E-state index contributed by atoms with van der Waals surface area (Å²) >= 11 is 0. The fraction of sp³-hybridized carbons (Fsp3) is 0.316. The van der Waals surface area contributed by atoms with Gasteiger partial charge in [0.05, 0.1) is 4.92 Å². The standard InChI is InChI=1S/C19H20N2O3/c22-19(14-8-3-1-4-9-14)16-12-7-13-17(18(16)21(23)24)20-15-10-5-2-6-11-15/h1,3-4,7-9,12-13,15,20H,2,5-6,10-11H2. The quantitative estimate of drug-likeness (QED) is 0.497.